The fourth-order valence-corrected chi connectivity index (χ4v) is 2.51. The van der Waals surface area contributed by atoms with Crippen LogP contribution < -0.4 is 10.1 Å². The highest BCUT2D eigenvalue weighted by molar-refractivity contribution is 5.67. The molecule has 0 radical (unpaired) electrons. The van der Waals surface area contributed by atoms with Gasteiger partial charge in [-0.15, -0.1) is 0 Å². The first-order valence-electron chi connectivity index (χ1n) is 9.17. The molecule has 28 heavy (non-hydrogen) atoms. The molecule has 0 aromatic heterocycles. The number of amides is 1. The number of ether oxygens (including phenoxy) is 2. The van der Waals surface area contributed by atoms with E-state index < -0.39 is 23.9 Å². The molecule has 152 valence electrons. The van der Waals surface area contributed by atoms with Crippen molar-refractivity contribution in [3.8, 4) is 5.75 Å². The molecule has 0 bridgehead atoms. The van der Waals surface area contributed by atoms with E-state index in [1.165, 1.54) is 17.7 Å². The molecule has 1 N–H and O–H groups in total. The van der Waals surface area contributed by atoms with Gasteiger partial charge in [-0.25, -0.2) is 4.79 Å². The molecule has 1 atom stereocenters. The van der Waals surface area contributed by atoms with Gasteiger partial charge >= 0.3 is 12.3 Å². The predicted octanol–water partition coefficient (Wildman–Crippen LogP) is 5.22. The summed E-state index contributed by atoms with van der Waals surface area (Å²) in [6.07, 6.45) is -3.44. The minimum Gasteiger partial charge on any atom is -0.490 e. The topological polar surface area (TPSA) is 47.6 Å². The zero-order valence-electron chi connectivity index (χ0n) is 15.7. The Morgan fingerprint density at radius 2 is 1.86 bits per heavy atom. The largest absolute Gasteiger partial charge is 0.490 e. The molecule has 0 heterocycles. The highest BCUT2D eigenvalue weighted by atomic mass is 19.4. The summed E-state index contributed by atoms with van der Waals surface area (Å²) >= 11 is 0. The third-order valence-electron chi connectivity index (χ3n) is 4.08. The van der Waals surface area contributed by atoms with E-state index in [1.54, 1.807) is 0 Å². The SMILES string of the molecule is CCC(COc1cccc(C(F)(F)F)c1)OC(=O)NCCCc1ccccc1. The van der Waals surface area contributed by atoms with Gasteiger partial charge in [0.25, 0.3) is 0 Å². The van der Waals surface area contributed by atoms with Gasteiger partial charge in [0.1, 0.15) is 18.5 Å². The molecule has 0 spiro atoms. The number of halogens is 3. The van der Waals surface area contributed by atoms with Crippen LogP contribution >= 0.6 is 0 Å². The zero-order chi connectivity index (χ0) is 20.4. The molecule has 0 aliphatic carbocycles. The summed E-state index contributed by atoms with van der Waals surface area (Å²) in [4.78, 5) is 11.9. The molecule has 0 aliphatic rings. The maximum Gasteiger partial charge on any atom is 0.416 e. The Morgan fingerprint density at radius 3 is 2.54 bits per heavy atom. The van der Waals surface area contributed by atoms with Gasteiger partial charge in [0, 0.05) is 6.54 Å². The van der Waals surface area contributed by atoms with Gasteiger partial charge in [0.15, 0.2) is 0 Å². The smallest absolute Gasteiger partial charge is 0.416 e. The monoisotopic (exact) mass is 395 g/mol. The molecule has 4 nitrogen and oxygen atoms in total. The van der Waals surface area contributed by atoms with E-state index in [9.17, 15) is 18.0 Å². The lowest BCUT2D eigenvalue weighted by Gasteiger charge is -2.18. The number of aryl methyl sites for hydroxylation is 1. The van der Waals surface area contributed by atoms with Crippen molar-refractivity contribution in [1.29, 1.82) is 0 Å². The Bertz CT molecular complexity index is 735. The average Bonchev–Trinajstić information content (AvgIpc) is 2.69. The molecule has 1 unspecified atom stereocenters. The van der Waals surface area contributed by atoms with Crippen LogP contribution in [0.1, 0.15) is 30.9 Å². The van der Waals surface area contributed by atoms with E-state index in [0.29, 0.717) is 13.0 Å². The maximum absolute atomic E-state index is 12.7. The van der Waals surface area contributed by atoms with Gasteiger partial charge < -0.3 is 14.8 Å². The molecular formula is C21H24F3NO3. The average molecular weight is 395 g/mol. The van der Waals surface area contributed by atoms with Gasteiger partial charge in [0.05, 0.1) is 5.56 Å². The second-order valence-electron chi connectivity index (χ2n) is 6.29. The van der Waals surface area contributed by atoms with Crippen molar-refractivity contribution >= 4 is 6.09 Å². The lowest BCUT2D eigenvalue weighted by Crippen LogP contribution is -2.32. The Morgan fingerprint density at radius 1 is 1.11 bits per heavy atom. The molecule has 0 fully saturated rings. The highest BCUT2D eigenvalue weighted by Gasteiger charge is 2.30. The number of alkyl halides is 3. The minimum atomic E-state index is -4.43. The highest BCUT2D eigenvalue weighted by Crippen LogP contribution is 2.31. The quantitative estimate of drug-likeness (QED) is 0.592. The first-order valence-corrected chi connectivity index (χ1v) is 9.17. The number of hydrogen-bond donors (Lipinski definition) is 1. The number of hydrogen-bond acceptors (Lipinski definition) is 3. The van der Waals surface area contributed by atoms with Crippen LogP contribution in [0, 0.1) is 0 Å². The van der Waals surface area contributed by atoms with E-state index in [0.717, 1.165) is 25.0 Å². The van der Waals surface area contributed by atoms with Gasteiger partial charge in [-0.3, -0.25) is 0 Å². The molecule has 0 saturated heterocycles. The minimum absolute atomic E-state index is 0.0186. The van der Waals surface area contributed by atoms with Crippen LogP contribution in [0.25, 0.3) is 0 Å². The number of carbonyl (C=O) groups is 1. The third-order valence-corrected chi connectivity index (χ3v) is 4.08. The summed E-state index contributed by atoms with van der Waals surface area (Å²) < 4.78 is 48.8. The maximum atomic E-state index is 12.7. The van der Waals surface area contributed by atoms with Crippen molar-refractivity contribution in [2.75, 3.05) is 13.2 Å². The third kappa shape index (κ3) is 7.50. The van der Waals surface area contributed by atoms with E-state index in [-0.39, 0.29) is 12.4 Å². The van der Waals surface area contributed by atoms with Crippen LogP contribution in [0.4, 0.5) is 18.0 Å². The van der Waals surface area contributed by atoms with E-state index >= 15 is 0 Å². The van der Waals surface area contributed by atoms with Gasteiger partial charge in [0.2, 0.25) is 0 Å². The van der Waals surface area contributed by atoms with Gasteiger partial charge in [-0.1, -0.05) is 43.3 Å². The van der Waals surface area contributed by atoms with Crippen molar-refractivity contribution in [1.82, 2.24) is 5.32 Å². The second kappa shape index (κ2) is 10.6. The number of nitrogens with one attached hydrogen (secondary N) is 1. The number of rotatable bonds is 9. The molecule has 0 saturated carbocycles. The summed E-state index contributed by atoms with van der Waals surface area (Å²) in [7, 11) is 0. The van der Waals surface area contributed by atoms with Crippen molar-refractivity contribution in [2.24, 2.45) is 0 Å². The second-order valence-corrected chi connectivity index (χ2v) is 6.29. The van der Waals surface area contributed by atoms with Crippen molar-refractivity contribution in [3.05, 3.63) is 65.7 Å². The molecule has 2 aromatic rings. The summed E-state index contributed by atoms with van der Waals surface area (Å²) in [5.74, 6) is 0.0835. The lowest BCUT2D eigenvalue weighted by molar-refractivity contribution is -0.137. The van der Waals surface area contributed by atoms with Crippen LogP contribution in [0.3, 0.4) is 0 Å². The number of benzene rings is 2. The van der Waals surface area contributed by atoms with Crippen molar-refractivity contribution in [2.45, 2.75) is 38.5 Å². The summed E-state index contributed by atoms with van der Waals surface area (Å²) in [5.41, 5.74) is 0.411. The summed E-state index contributed by atoms with van der Waals surface area (Å²) in [5, 5.41) is 2.68. The number of carbonyl (C=O) groups excluding carboxylic acids is 1. The summed E-state index contributed by atoms with van der Waals surface area (Å²) in [6, 6.07) is 14.5. The Hall–Kier alpha value is -2.70. The Kier molecular flexibility index (Phi) is 8.17. The molecule has 0 aliphatic heterocycles. The standard InChI is InChI=1S/C21H24F3NO3/c1-2-18(15-27-19-12-6-11-17(14-19)21(22,23)24)28-20(26)25-13-7-10-16-8-4-3-5-9-16/h3-6,8-9,11-12,14,18H,2,7,10,13,15H2,1H3,(H,25,26). The van der Waals surface area contributed by atoms with E-state index in [1.807, 2.05) is 37.3 Å². The van der Waals surface area contributed by atoms with Crippen LogP contribution in [-0.4, -0.2) is 25.3 Å². The Balaban J connectivity index is 1.72. The van der Waals surface area contributed by atoms with Crippen LogP contribution in [0.2, 0.25) is 0 Å². The van der Waals surface area contributed by atoms with E-state index in [4.69, 9.17) is 9.47 Å². The fraction of sp³-hybridized carbons (Fsp3) is 0.381. The molecule has 1 amide bonds. The summed E-state index contributed by atoms with van der Waals surface area (Å²) in [6.45, 7) is 2.26. The van der Waals surface area contributed by atoms with E-state index in [2.05, 4.69) is 5.32 Å². The zero-order valence-corrected chi connectivity index (χ0v) is 15.7. The molecular weight excluding hydrogens is 371 g/mol. The van der Waals surface area contributed by atoms with Gasteiger partial charge in [-0.2, -0.15) is 13.2 Å². The normalized spacial score (nSPS) is 12.3. The molecule has 2 rings (SSSR count). The Labute approximate surface area is 162 Å². The lowest BCUT2D eigenvalue weighted by atomic mass is 10.1. The molecule has 7 heteroatoms. The van der Waals surface area contributed by atoms with Crippen molar-refractivity contribution in [3.63, 3.8) is 0 Å². The first-order chi connectivity index (χ1) is 13.4. The fourth-order valence-electron chi connectivity index (χ4n) is 2.51. The van der Waals surface area contributed by atoms with Crippen LogP contribution in [0.15, 0.2) is 54.6 Å². The van der Waals surface area contributed by atoms with Crippen LogP contribution in [0.5, 0.6) is 5.75 Å². The van der Waals surface area contributed by atoms with Crippen LogP contribution in [-0.2, 0) is 17.3 Å². The number of alkyl carbamates (subject to hydrolysis) is 1. The molecule has 2 aromatic carbocycles. The predicted molar refractivity (Wildman–Crippen MR) is 100 cm³/mol. The van der Waals surface area contributed by atoms with Crippen molar-refractivity contribution < 1.29 is 27.4 Å². The van der Waals surface area contributed by atoms with Gasteiger partial charge in [-0.05, 0) is 43.0 Å². The first kappa shape index (κ1) is 21.6.